The molecular weight excluding hydrogens is 391 g/mol. The van der Waals surface area contributed by atoms with Crippen LogP contribution in [0.25, 0.3) is 0 Å². The van der Waals surface area contributed by atoms with Crippen LogP contribution in [-0.2, 0) is 4.57 Å². The number of hydrogen-bond acceptors (Lipinski definition) is 3. The van der Waals surface area contributed by atoms with Gasteiger partial charge >= 0.3 is 0 Å². The van der Waals surface area contributed by atoms with Gasteiger partial charge in [-0.3, -0.25) is 9.59 Å². The molecule has 0 aliphatic rings. The van der Waals surface area contributed by atoms with Gasteiger partial charge in [0, 0.05) is 21.7 Å². The van der Waals surface area contributed by atoms with Gasteiger partial charge in [0.1, 0.15) is 0 Å². The van der Waals surface area contributed by atoms with Gasteiger partial charge in [0.15, 0.2) is 5.78 Å². The Kier molecular flexibility index (Phi) is 6.05. The zero-order valence-electron chi connectivity index (χ0n) is 17.7. The van der Waals surface area contributed by atoms with E-state index < -0.39 is 12.7 Å². The largest absolute Gasteiger partial charge is 0.305 e. The highest BCUT2D eigenvalue weighted by molar-refractivity contribution is 7.93. The summed E-state index contributed by atoms with van der Waals surface area (Å²) in [5.41, 5.74) is 2.80. The monoisotopic (exact) mass is 416 g/mol. The second kappa shape index (κ2) is 8.38. The minimum Gasteiger partial charge on any atom is -0.305 e. The minimum atomic E-state index is -3.65. The average molecular weight is 416 g/mol. The Morgan fingerprint density at radius 2 is 1.20 bits per heavy atom. The summed E-state index contributed by atoms with van der Waals surface area (Å²) in [5, 5.41) is 0.960. The molecule has 0 aliphatic heterocycles. The van der Waals surface area contributed by atoms with Crippen molar-refractivity contribution in [1.82, 2.24) is 0 Å². The van der Waals surface area contributed by atoms with Crippen molar-refractivity contribution in [1.29, 1.82) is 0 Å². The molecule has 4 heteroatoms. The second-order valence-corrected chi connectivity index (χ2v) is 10.2. The van der Waals surface area contributed by atoms with Crippen LogP contribution in [0, 0.1) is 20.8 Å². The Balaban J connectivity index is 2.33. The Bertz CT molecular complexity index is 1150. The number of rotatable bonds is 6. The van der Waals surface area contributed by atoms with Gasteiger partial charge in [0.2, 0.25) is 12.7 Å². The van der Waals surface area contributed by atoms with Crippen molar-refractivity contribution >= 4 is 29.1 Å². The summed E-state index contributed by atoms with van der Waals surface area (Å²) >= 11 is 0. The van der Waals surface area contributed by atoms with E-state index in [1.54, 1.807) is 62.4 Å². The van der Waals surface area contributed by atoms with Crippen LogP contribution < -0.4 is 10.6 Å². The Morgan fingerprint density at radius 1 is 0.767 bits per heavy atom. The number of ketones is 1. The van der Waals surface area contributed by atoms with E-state index in [0.29, 0.717) is 38.4 Å². The molecule has 0 radical (unpaired) electrons. The molecule has 0 aliphatic carbocycles. The Labute approximate surface area is 177 Å². The summed E-state index contributed by atoms with van der Waals surface area (Å²) in [7, 11) is -3.65. The molecule has 3 aromatic rings. The molecule has 0 aromatic heterocycles. The fraction of sp³-hybridized carbons (Fsp3) is 0.154. The molecule has 3 aromatic carbocycles. The molecule has 0 atom stereocenters. The van der Waals surface area contributed by atoms with E-state index in [0.717, 1.165) is 5.56 Å². The molecule has 0 heterocycles. The van der Waals surface area contributed by atoms with Crippen LogP contribution in [0.15, 0.2) is 78.9 Å². The molecule has 30 heavy (non-hydrogen) atoms. The summed E-state index contributed by atoms with van der Waals surface area (Å²) < 4.78 is 14.5. The standard InChI is InChI=1S/C26H25O3P/c1-17(2)25(27)23-18(3)16-19(4)24(20(23)5)26(28)30(29,21-12-8-6-9-13-21)22-14-10-7-11-15-22/h6-16H,1H2,2-5H3. The van der Waals surface area contributed by atoms with Gasteiger partial charge in [-0.05, 0) is 50.0 Å². The predicted molar refractivity (Wildman–Crippen MR) is 124 cm³/mol. The van der Waals surface area contributed by atoms with Crippen LogP contribution >= 0.6 is 7.14 Å². The average Bonchev–Trinajstić information content (AvgIpc) is 2.73. The molecule has 0 bridgehead atoms. The molecule has 3 nitrogen and oxygen atoms in total. The third-order valence-corrected chi connectivity index (χ3v) is 8.17. The Hall–Kier alpha value is -3.03. The van der Waals surface area contributed by atoms with E-state index in [4.69, 9.17) is 0 Å². The first kappa shape index (κ1) is 21.7. The van der Waals surface area contributed by atoms with E-state index in [1.165, 1.54) is 0 Å². The fourth-order valence-corrected chi connectivity index (χ4v) is 6.50. The lowest BCUT2D eigenvalue weighted by atomic mass is 9.90. The lowest BCUT2D eigenvalue weighted by molar-refractivity contribution is 0.103. The molecule has 0 N–H and O–H groups in total. The molecule has 0 saturated carbocycles. The third-order valence-electron chi connectivity index (χ3n) is 5.33. The molecule has 3 rings (SSSR count). The first-order valence-corrected chi connectivity index (χ1v) is 11.5. The fourth-order valence-electron chi connectivity index (χ4n) is 3.89. The van der Waals surface area contributed by atoms with Crippen molar-refractivity contribution in [3.05, 3.63) is 107 Å². The molecular formula is C26H25O3P. The number of carbonyl (C=O) groups excluding carboxylic acids is 2. The predicted octanol–water partition coefficient (Wildman–Crippen LogP) is 5.52. The second-order valence-electron chi connectivity index (χ2n) is 7.58. The van der Waals surface area contributed by atoms with E-state index in [9.17, 15) is 14.2 Å². The number of hydrogen-bond donors (Lipinski definition) is 0. The van der Waals surface area contributed by atoms with Gasteiger partial charge in [0.05, 0.1) is 0 Å². The van der Waals surface area contributed by atoms with Crippen molar-refractivity contribution in [3.63, 3.8) is 0 Å². The minimum absolute atomic E-state index is 0.201. The first-order chi connectivity index (χ1) is 14.2. The van der Waals surface area contributed by atoms with E-state index in [-0.39, 0.29) is 5.78 Å². The van der Waals surface area contributed by atoms with Gasteiger partial charge in [-0.1, -0.05) is 73.3 Å². The highest BCUT2D eigenvalue weighted by Crippen LogP contribution is 2.48. The number of allylic oxidation sites excluding steroid dienone is 1. The van der Waals surface area contributed by atoms with Crippen molar-refractivity contribution < 1.29 is 14.2 Å². The lowest BCUT2D eigenvalue weighted by Gasteiger charge is -2.22. The summed E-state index contributed by atoms with van der Waals surface area (Å²) in [5.74, 6) is -0.201. The van der Waals surface area contributed by atoms with Crippen LogP contribution in [0.4, 0.5) is 0 Å². The van der Waals surface area contributed by atoms with Crippen LogP contribution in [0.3, 0.4) is 0 Å². The molecule has 0 saturated heterocycles. The number of benzene rings is 3. The van der Waals surface area contributed by atoms with Crippen LogP contribution in [0.1, 0.15) is 44.3 Å². The summed E-state index contributed by atoms with van der Waals surface area (Å²) in [6.45, 7) is 10.8. The van der Waals surface area contributed by atoms with E-state index >= 15 is 0 Å². The summed E-state index contributed by atoms with van der Waals surface area (Å²) in [4.78, 5) is 26.8. The number of carbonyl (C=O) groups is 2. The molecule has 0 unspecified atom stereocenters. The van der Waals surface area contributed by atoms with Gasteiger partial charge < -0.3 is 4.57 Å². The number of aryl methyl sites for hydroxylation is 2. The van der Waals surface area contributed by atoms with E-state index in [1.807, 2.05) is 32.0 Å². The smallest absolute Gasteiger partial charge is 0.230 e. The van der Waals surface area contributed by atoms with Crippen molar-refractivity contribution in [2.24, 2.45) is 0 Å². The van der Waals surface area contributed by atoms with E-state index in [2.05, 4.69) is 6.58 Å². The quantitative estimate of drug-likeness (QED) is 0.302. The zero-order valence-corrected chi connectivity index (χ0v) is 18.6. The normalized spacial score (nSPS) is 11.2. The van der Waals surface area contributed by atoms with Crippen LogP contribution in [0.5, 0.6) is 0 Å². The highest BCUT2D eigenvalue weighted by atomic mass is 31.2. The summed E-state index contributed by atoms with van der Waals surface area (Å²) in [6.07, 6.45) is 0. The zero-order chi connectivity index (χ0) is 22.1. The van der Waals surface area contributed by atoms with Gasteiger partial charge in [-0.25, -0.2) is 0 Å². The van der Waals surface area contributed by atoms with Gasteiger partial charge in [-0.2, -0.15) is 0 Å². The van der Waals surface area contributed by atoms with Gasteiger partial charge in [-0.15, -0.1) is 0 Å². The molecule has 0 amide bonds. The Morgan fingerprint density at radius 3 is 1.63 bits per heavy atom. The topological polar surface area (TPSA) is 51.2 Å². The van der Waals surface area contributed by atoms with Crippen molar-refractivity contribution in [2.45, 2.75) is 27.7 Å². The molecule has 152 valence electrons. The van der Waals surface area contributed by atoms with Crippen LogP contribution in [0.2, 0.25) is 0 Å². The third kappa shape index (κ3) is 3.62. The number of Topliss-reactive ketones (excluding diaryl/α,β-unsaturated/α-hetero) is 1. The lowest BCUT2D eigenvalue weighted by Crippen LogP contribution is -2.24. The maximum Gasteiger partial charge on any atom is 0.230 e. The molecule has 0 fully saturated rings. The maximum absolute atomic E-state index is 14.5. The van der Waals surface area contributed by atoms with Gasteiger partial charge in [0.25, 0.3) is 0 Å². The van der Waals surface area contributed by atoms with Crippen molar-refractivity contribution in [3.8, 4) is 0 Å². The maximum atomic E-state index is 14.5. The summed E-state index contributed by atoms with van der Waals surface area (Å²) in [6, 6.07) is 19.5. The van der Waals surface area contributed by atoms with Crippen LogP contribution in [-0.4, -0.2) is 11.3 Å². The molecule has 0 spiro atoms. The highest BCUT2D eigenvalue weighted by Gasteiger charge is 2.38. The SMILES string of the molecule is C=C(C)C(=O)c1c(C)cc(C)c(C(=O)P(=O)(c2ccccc2)c2ccccc2)c1C. The van der Waals surface area contributed by atoms with Crippen molar-refractivity contribution in [2.75, 3.05) is 0 Å². The first-order valence-electron chi connectivity index (χ1n) is 9.76.